The number of hydrogen-bond donors (Lipinski definition) is 6. The molecule has 0 bridgehead atoms. The highest BCUT2D eigenvalue weighted by Gasteiger charge is 2.34. The molecule has 15 heterocycles. The van der Waals surface area contributed by atoms with Gasteiger partial charge in [-0.15, -0.1) is 0 Å². The molecule has 0 amide bonds. The van der Waals surface area contributed by atoms with E-state index >= 15 is 0 Å². The third-order valence-electron chi connectivity index (χ3n) is 27.5. The minimum atomic E-state index is 0.360. The Morgan fingerprint density at radius 2 is 0.721 bits per heavy atom. The number of aromatic amines is 5. The largest absolute Gasteiger partial charge is 0.354 e. The van der Waals surface area contributed by atoms with Crippen LogP contribution >= 0.6 is 0 Å². The average molecular weight is 1660 g/mol. The molecule has 10 aromatic rings. The minimum Gasteiger partial charge on any atom is -0.354 e. The summed E-state index contributed by atoms with van der Waals surface area (Å²) in [5.41, 5.74) is 20.7. The van der Waals surface area contributed by atoms with Gasteiger partial charge in [0.2, 0.25) is 0 Å². The predicted octanol–water partition coefficient (Wildman–Crippen LogP) is 12.0. The van der Waals surface area contributed by atoms with E-state index in [-0.39, 0.29) is 0 Å². The van der Waals surface area contributed by atoms with Crippen LogP contribution < -0.4 is 5.32 Å². The fraction of sp³-hybridized carbons (Fsp3) is 0.602. The summed E-state index contributed by atoms with van der Waals surface area (Å²) in [6.45, 7) is 21.9. The van der Waals surface area contributed by atoms with Crippen molar-refractivity contribution < 1.29 is 0 Å². The van der Waals surface area contributed by atoms with Gasteiger partial charge in [-0.05, 0) is 310 Å². The van der Waals surface area contributed by atoms with Crippen LogP contribution in [0.1, 0.15) is 243 Å². The van der Waals surface area contributed by atoms with E-state index in [4.69, 9.17) is 19.9 Å². The number of fused-ring (bicyclic) bond motifs is 4. The molecule has 6 N–H and O–H groups in total. The van der Waals surface area contributed by atoms with Gasteiger partial charge in [0.1, 0.15) is 5.82 Å². The van der Waals surface area contributed by atoms with Gasteiger partial charge in [-0.25, -0.2) is 4.98 Å². The van der Waals surface area contributed by atoms with E-state index in [9.17, 15) is 0 Å². The molecule has 4 fully saturated rings. The van der Waals surface area contributed by atoms with Crippen molar-refractivity contribution in [3.8, 4) is 0 Å². The number of imidazole rings is 1. The van der Waals surface area contributed by atoms with Crippen LogP contribution in [0, 0.1) is 29.6 Å². The van der Waals surface area contributed by atoms with Crippen molar-refractivity contribution in [1.29, 1.82) is 0 Å². The van der Waals surface area contributed by atoms with Gasteiger partial charge in [0.05, 0.1) is 111 Å². The molecule has 0 aromatic carbocycles. The first-order valence-electron chi connectivity index (χ1n) is 46.1. The fourth-order valence-electron chi connectivity index (χ4n) is 20.6. The molecule has 0 spiro atoms. The number of likely N-dealkylation sites (tertiary alicyclic amines) is 4. The first kappa shape index (κ1) is 86.0. The predicted molar refractivity (Wildman–Crippen MR) is 473 cm³/mol. The van der Waals surface area contributed by atoms with Gasteiger partial charge in [-0.3, -0.25) is 59.3 Å². The summed E-state index contributed by atoms with van der Waals surface area (Å²) in [5.74, 6) is 5.63. The lowest BCUT2D eigenvalue weighted by molar-refractivity contribution is 0.166. The first-order chi connectivity index (χ1) is 59.9. The van der Waals surface area contributed by atoms with Gasteiger partial charge in [0, 0.05) is 102 Å². The number of hydrogen-bond acceptors (Lipinski definition) is 24. The van der Waals surface area contributed by atoms with Crippen molar-refractivity contribution in [1.82, 2.24) is 141 Å². The molecule has 4 aliphatic carbocycles. The molecule has 10 aromatic heterocycles. The molecule has 4 saturated heterocycles. The highest BCUT2D eigenvalue weighted by Crippen LogP contribution is 2.39. The molecule has 5 aliphatic heterocycles. The molecule has 0 radical (unpaired) electrons. The Balaban J connectivity index is 0.000000121. The maximum absolute atomic E-state index is 4.71. The Labute approximate surface area is 721 Å². The number of pyridine rings is 5. The standard InChI is InChI=1S/C25H33N7.C23H32N8.C23H36N6.C22H32N8/c1-31(24-9-4-6-20-7-5-13-27-25(20)24)18-23-22(28-30-29-23)16-19-10-14-32(15-11-19)17-21-8-2-3-12-26-21;1-30(21-6-2-4-18-5-3-9-26-23(18)21)15-20-19(27-29-28-20)14-17-7-12-31(13-8-17)16-22-24-10-11-25-22;1-17(2)15-29-12-9-18(10-13-29)14-20-21(26-27-25-20)16-28(3)22-8-4-6-19-7-5-11-24-23(19)22;1-29(20-6-2-4-17-5-3-9-23-21(17)20)15-19-18(26-28-27-19)14-16-7-12-30(13-8-16)22-24-10-11-25-22/h2-3,5,7-8,12-13,19,24H,4,6,9-11,14-18H2,1H3,(H,28,29,30);3,5,9-11,17,21H,2,4,6-8,12-16H2,1H3,(H,24,25)(H,27,28,29);5,7,11,17-18,22H,4,6,8-10,12-16H2,1-3H3,(H,25,26,27);3,5,9,16,20H,2,4,6-8,10-15H2,1H3,(H,24,25)(H,26,27,28). The molecular weight excluding hydrogens is 1520 g/mol. The minimum absolute atomic E-state index is 0.360. The maximum atomic E-state index is 4.71. The maximum Gasteiger partial charge on any atom is 0.194 e. The summed E-state index contributed by atoms with van der Waals surface area (Å²) in [5, 5.41) is 51.1. The van der Waals surface area contributed by atoms with Gasteiger partial charge < -0.3 is 20.1 Å². The summed E-state index contributed by atoms with van der Waals surface area (Å²) in [4.78, 5) is 55.1. The zero-order chi connectivity index (χ0) is 83.4. The number of rotatable bonds is 26. The first-order valence-corrected chi connectivity index (χ1v) is 46.1. The zero-order valence-corrected chi connectivity index (χ0v) is 73.4. The van der Waals surface area contributed by atoms with Crippen LogP contribution in [-0.2, 0) is 90.6 Å². The lowest BCUT2D eigenvalue weighted by Crippen LogP contribution is -2.43. The van der Waals surface area contributed by atoms with Crippen molar-refractivity contribution in [2.45, 2.75) is 231 Å². The number of aryl methyl sites for hydroxylation is 4. The smallest absolute Gasteiger partial charge is 0.194 e. The fourth-order valence-corrected chi connectivity index (χ4v) is 20.6. The van der Waals surface area contributed by atoms with Crippen LogP contribution in [0.3, 0.4) is 0 Å². The van der Waals surface area contributed by atoms with E-state index in [1.54, 1.807) is 0 Å². The van der Waals surface area contributed by atoms with E-state index < -0.39 is 0 Å². The Hall–Kier alpha value is -9.49. The Kier molecular flexibility index (Phi) is 30.1. The van der Waals surface area contributed by atoms with E-state index in [1.807, 2.05) is 49.4 Å². The molecule has 19 rings (SSSR count). The molecule has 122 heavy (non-hydrogen) atoms. The third-order valence-corrected chi connectivity index (χ3v) is 27.5. The molecule has 4 unspecified atom stereocenters. The number of aliphatic imine (C=N–C) groups is 1. The highest BCUT2D eigenvalue weighted by atomic mass is 15.4. The topological polar surface area (TPSA) is 310 Å². The molecule has 9 aliphatic rings. The second kappa shape index (κ2) is 42.7. The average Bonchev–Trinajstić information content (AvgIpc) is 1.33. The molecule has 650 valence electrons. The lowest BCUT2D eigenvalue weighted by atomic mass is 9.90. The molecule has 29 heteroatoms. The third kappa shape index (κ3) is 22.9. The quantitative estimate of drug-likeness (QED) is 0.0293. The summed E-state index contributed by atoms with van der Waals surface area (Å²) >= 11 is 0. The van der Waals surface area contributed by atoms with Gasteiger partial charge in [0.15, 0.2) is 5.96 Å². The molecule has 0 saturated carbocycles. The number of H-pyrrole nitrogens is 5. The van der Waals surface area contributed by atoms with E-state index in [0.717, 1.165) is 237 Å². The summed E-state index contributed by atoms with van der Waals surface area (Å²) in [6, 6.07) is 24.8. The Morgan fingerprint density at radius 3 is 1.06 bits per heavy atom. The van der Waals surface area contributed by atoms with Crippen molar-refractivity contribution in [3.63, 3.8) is 0 Å². The molecule has 4 atom stereocenters. The molecular formula is C93H133N29. The van der Waals surface area contributed by atoms with Crippen molar-refractivity contribution in [3.05, 3.63) is 212 Å². The van der Waals surface area contributed by atoms with Gasteiger partial charge in [0.25, 0.3) is 0 Å². The van der Waals surface area contributed by atoms with E-state index in [1.165, 1.54) is 148 Å². The zero-order valence-electron chi connectivity index (χ0n) is 73.4. The van der Waals surface area contributed by atoms with Crippen molar-refractivity contribution >= 4 is 5.96 Å². The van der Waals surface area contributed by atoms with Crippen molar-refractivity contribution in [2.24, 2.45) is 34.6 Å². The number of nitrogens with one attached hydrogen (secondary N) is 6. The van der Waals surface area contributed by atoms with E-state index in [0.29, 0.717) is 41.9 Å². The number of guanidine groups is 1. The molecule has 29 nitrogen and oxygen atoms in total. The number of piperidine rings is 4. The monoisotopic (exact) mass is 1660 g/mol. The SMILES string of the molecule is CC(C)CN1CCC(Cc2n[nH]nc2CN(C)C2CCCc3cccnc32)CC1.CN(Cc1n[nH]nc1CC1CCN(C2=NCCN2)CC1)C1CCCc2cccnc21.CN(Cc1n[nH]nc1CC1CCN(Cc2ccccn2)CC1)C1CCCc2cccnc21.CN(Cc1n[nH]nc1CC1CCN(Cc2ncc[nH]2)CC1)C1CCCc2cccnc21. The van der Waals surface area contributed by atoms with Crippen LogP contribution in [-0.4, -0.2) is 242 Å². The van der Waals surface area contributed by atoms with Crippen LogP contribution in [0.2, 0.25) is 0 Å². The number of aromatic nitrogens is 19. The van der Waals surface area contributed by atoms with Crippen LogP contribution in [0.15, 0.2) is 115 Å². The summed E-state index contributed by atoms with van der Waals surface area (Å²) in [6.07, 6.45) is 41.2. The van der Waals surface area contributed by atoms with Gasteiger partial charge in [-0.2, -0.15) is 61.6 Å². The second-order valence-corrected chi connectivity index (χ2v) is 36.7. The Morgan fingerprint density at radius 1 is 0.369 bits per heavy atom. The number of nitrogens with zero attached hydrogens (tertiary/aromatic N) is 23. The van der Waals surface area contributed by atoms with Crippen LogP contribution in [0.4, 0.5) is 0 Å². The van der Waals surface area contributed by atoms with E-state index in [2.05, 4.69) is 229 Å². The van der Waals surface area contributed by atoms with Crippen molar-refractivity contribution in [2.75, 3.05) is 100 Å². The summed E-state index contributed by atoms with van der Waals surface area (Å²) in [7, 11) is 8.79. The van der Waals surface area contributed by atoms with Crippen LogP contribution in [0.5, 0.6) is 0 Å². The van der Waals surface area contributed by atoms with Gasteiger partial charge >= 0.3 is 0 Å². The Bertz CT molecular complexity index is 4810. The van der Waals surface area contributed by atoms with Gasteiger partial charge in [-0.1, -0.05) is 44.2 Å². The summed E-state index contributed by atoms with van der Waals surface area (Å²) < 4.78 is 0. The highest BCUT2D eigenvalue weighted by molar-refractivity contribution is 5.81. The second-order valence-electron chi connectivity index (χ2n) is 36.7. The van der Waals surface area contributed by atoms with Crippen LogP contribution in [0.25, 0.3) is 0 Å². The lowest BCUT2D eigenvalue weighted by Gasteiger charge is -2.33. The normalized spacial score (nSPS) is 20.8.